The Balaban J connectivity index is 1.41. The quantitative estimate of drug-likeness (QED) is 0.624. The summed E-state index contributed by atoms with van der Waals surface area (Å²) in [7, 11) is 0. The van der Waals surface area contributed by atoms with Crippen molar-refractivity contribution in [3.63, 3.8) is 0 Å². The number of hydrogen-bond donors (Lipinski definition) is 1. The van der Waals surface area contributed by atoms with E-state index in [0.29, 0.717) is 6.54 Å². The standard InChI is InChI=1S/C23H33N3O3S/c1-23(2,3)29-22(27)25-17-20-16-24-21(30-20)19-9-7-18(8-10-19)6-4-5-11-26-12-14-28-15-13-26/h7-10,16H,4-6,11-15,17H2,1-3H3,(H,25,27). The summed E-state index contributed by atoms with van der Waals surface area (Å²) in [6.07, 6.45) is 4.94. The zero-order valence-corrected chi connectivity index (χ0v) is 19.1. The van der Waals surface area contributed by atoms with Crippen LogP contribution in [0, 0.1) is 0 Å². The van der Waals surface area contributed by atoms with E-state index in [2.05, 4.69) is 39.5 Å². The fraction of sp³-hybridized carbons (Fsp3) is 0.565. The average molecular weight is 432 g/mol. The zero-order valence-electron chi connectivity index (χ0n) is 18.3. The minimum atomic E-state index is -0.493. The van der Waals surface area contributed by atoms with Gasteiger partial charge in [-0.15, -0.1) is 11.3 Å². The third kappa shape index (κ3) is 7.70. The maximum Gasteiger partial charge on any atom is 0.407 e. The number of aryl methyl sites for hydroxylation is 1. The van der Waals surface area contributed by atoms with Gasteiger partial charge in [-0.25, -0.2) is 9.78 Å². The minimum Gasteiger partial charge on any atom is -0.444 e. The molecule has 0 saturated carbocycles. The van der Waals surface area contributed by atoms with Gasteiger partial charge in [-0.3, -0.25) is 4.90 Å². The van der Waals surface area contributed by atoms with Crippen LogP contribution in [0.2, 0.25) is 0 Å². The molecule has 3 rings (SSSR count). The molecule has 0 atom stereocenters. The van der Waals surface area contributed by atoms with Crippen molar-refractivity contribution >= 4 is 17.4 Å². The highest BCUT2D eigenvalue weighted by Crippen LogP contribution is 2.25. The molecule has 2 aromatic rings. The van der Waals surface area contributed by atoms with E-state index in [1.807, 2.05) is 27.0 Å². The minimum absolute atomic E-state index is 0.407. The molecule has 1 fully saturated rings. The molecule has 0 spiro atoms. The van der Waals surface area contributed by atoms with Crippen LogP contribution in [0.5, 0.6) is 0 Å². The molecule has 1 aliphatic heterocycles. The number of amides is 1. The summed E-state index contributed by atoms with van der Waals surface area (Å²) >= 11 is 1.59. The lowest BCUT2D eigenvalue weighted by atomic mass is 10.1. The predicted molar refractivity (Wildman–Crippen MR) is 121 cm³/mol. The second-order valence-electron chi connectivity index (χ2n) is 8.60. The van der Waals surface area contributed by atoms with E-state index in [4.69, 9.17) is 9.47 Å². The monoisotopic (exact) mass is 431 g/mol. The molecule has 1 aromatic heterocycles. The first-order chi connectivity index (χ1) is 14.4. The molecule has 1 aliphatic rings. The Labute approximate surface area is 183 Å². The zero-order chi connectivity index (χ0) is 21.4. The summed E-state index contributed by atoms with van der Waals surface area (Å²) in [5.41, 5.74) is 1.98. The van der Waals surface area contributed by atoms with Gasteiger partial charge in [0, 0.05) is 29.7 Å². The van der Waals surface area contributed by atoms with Gasteiger partial charge in [-0.2, -0.15) is 0 Å². The van der Waals surface area contributed by atoms with E-state index in [1.165, 1.54) is 24.9 Å². The van der Waals surface area contributed by atoms with E-state index < -0.39 is 11.7 Å². The van der Waals surface area contributed by atoms with Gasteiger partial charge in [0.25, 0.3) is 0 Å². The Morgan fingerprint density at radius 2 is 1.93 bits per heavy atom. The lowest BCUT2D eigenvalue weighted by Crippen LogP contribution is -2.36. The average Bonchev–Trinajstić information content (AvgIpc) is 3.19. The third-order valence-corrected chi connectivity index (χ3v) is 5.90. The molecular weight excluding hydrogens is 398 g/mol. The first-order valence-electron chi connectivity index (χ1n) is 10.7. The summed E-state index contributed by atoms with van der Waals surface area (Å²) in [6, 6.07) is 8.68. The molecule has 7 heteroatoms. The van der Waals surface area contributed by atoms with Gasteiger partial charge in [0.05, 0.1) is 19.8 Å². The van der Waals surface area contributed by atoms with Crippen molar-refractivity contribution in [2.24, 2.45) is 0 Å². The first kappa shape index (κ1) is 22.7. The highest BCUT2D eigenvalue weighted by atomic mass is 32.1. The Bertz CT molecular complexity index is 793. The van der Waals surface area contributed by atoms with Gasteiger partial charge in [0.15, 0.2) is 0 Å². The fourth-order valence-corrected chi connectivity index (χ4v) is 4.16. The topological polar surface area (TPSA) is 63.7 Å². The molecule has 0 bridgehead atoms. The van der Waals surface area contributed by atoms with Gasteiger partial charge in [-0.05, 0) is 52.1 Å². The smallest absolute Gasteiger partial charge is 0.407 e. The van der Waals surface area contributed by atoms with Crippen molar-refractivity contribution in [1.82, 2.24) is 15.2 Å². The maximum atomic E-state index is 11.8. The van der Waals surface area contributed by atoms with Gasteiger partial charge in [0.1, 0.15) is 10.6 Å². The normalized spacial score (nSPS) is 15.2. The Kier molecular flexibility index (Phi) is 8.24. The van der Waals surface area contributed by atoms with Crippen molar-refractivity contribution in [1.29, 1.82) is 0 Å². The van der Waals surface area contributed by atoms with Crippen LogP contribution in [0.25, 0.3) is 10.6 Å². The van der Waals surface area contributed by atoms with E-state index in [1.54, 1.807) is 11.3 Å². The van der Waals surface area contributed by atoms with Crippen molar-refractivity contribution in [2.45, 2.75) is 52.2 Å². The highest BCUT2D eigenvalue weighted by molar-refractivity contribution is 7.15. The fourth-order valence-electron chi connectivity index (χ4n) is 3.30. The van der Waals surface area contributed by atoms with Gasteiger partial charge in [0.2, 0.25) is 0 Å². The number of aromatic nitrogens is 1. The Hall–Kier alpha value is -1.96. The molecule has 1 N–H and O–H groups in total. The molecule has 0 aliphatic carbocycles. The van der Waals surface area contributed by atoms with Crippen LogP contribution in [0.4, 0.5) is 4.79 Å². The van der Waals surface area contributed by atoms with E-state index in [9.17, 15) is 4.79 Å². The maximum absolute atomic E-state index is 11.8. The summed E-state index contributed by atoms with van der Waals surface area (Å²) < 4.78 is 10.7. The number of carbonyl (C=O) groups excluding carboxylic acids is 1. The van der Waals surface area contributed by atoms with Crippen LogP contribution in [-0.4, -0.2) is 54.4 Å². The van der Waals surface area contributed by atoms with Gasteiger partial charge >= 0.3 is 6.09 Å². The molecule has 1 aromatic carbocycles. The number of rotatable bonds is 8. The Morgan fingerprint density at radius 3 is 2.63 bits per heavy atom. The summed E-state index contributed by atoms with van der Waals surface area (Å²) in [5.74, 6) is 0. The first-order valence-corrected chi connectivity index (χ1v) is 11.5. The molecule has 2 heterocycles. The third-order valence-electron chi connectivity index (χ3n) is 4.85. The number of ether oxygens (including phenoxy) is 2. The number of morpholine rings is 1. The molecule has 164 valence electrons. The molecule has 0 unspecified atom stereocenters. The molecule has 0 radical (unpaired) electrons. The number of carbonyl (C=O) groups is 1. The highest BCUT2D eigenvalue weighted by Gasteiger charge is 2.16. The second kappa shape index (κ2) is 10.9. The summed E-state index contributed by atoms with van der Waals surface area (Å²) in [4.78, 5) is 19.8. The van der Waals surface area contributed by atoms with Gasteiger partial charge < -0.3 is 14.8 Å². The van der Waals surface area contributed by atoms with Crippen LogP contribution < -0.4 is 5.32 Å². The van der Waals surface area contributed by atoms with Crippen molar-refractivity contribution in [2.75, 3.05) is 32.8 Å². The van der Waals surface area contributed by atoms with Crippen molar-refractivity contribution in [3.05, 3.63) is 40.9 Å². The molecular formula is C23H33N3O3S. The number of nitrogens with one attached hydrogen (secondary N) is 1. The van der Waals surface area contributed by atoms with Gasteiger partial charge in [-0.1, -0.05) is 24.3 Å². The molecule has 30 heavy (non-hydrogen) atoms. The second-order valence-corrected chi connectivity index (χ2v) is 9.71. The van der Waals surface area contributed by atoms with Crippen LogP contribution in [0.15, 0.2) is 30.5 Å². The number of hydrogen-bond acceptors (Lipinski definition) is 6. The van der Waals surface area contributed by atoms with Crippen molar-refractivity contribution < 1.29 is 14.3 Å². The SMILES string of the molecule is CC(C)(C)OC(=O)NCc1cnc(-c2ccc(CCCCN3CCOCC3)cc2)s1. The lowest BCUT2D eigenvalue weighted by Gasteiger charge is -2.26. The lowest BCUT2D eigenvalue weighted by molar-refractivity contribution is 0.0372. The Morgan fingerprint density at radius 1 is 1.20 bits per heavy atom. The van der Waals surface area contributed by atoms with Crippen LogP contribution in [-0.2, 0) is 22.4 Å². The van der Waals surface area contributed by atoms with Crippen LogP contribution in [0.3, 0.4) is 0 Å². The number of thiazole rings is 1. The molecule has 1 saturated heterocycles. The number of alkyl carbamates (subject to hydrolysis) is 1. The van der Waals surface area contributed by atoms with Crippen LogP contribution >= 0.6 is 11.3 Å². The predicted octanol–water partition coefficient (Wildman–Crippen LogP) is 4.49. The van der Waals surface area contributed by atoms with Crippen LogP contribution in [0.1, 0.15) is 44.1 Å². The van der Waals surface area contributed by atoms with E-state index in [0.717, 1.165) is 48.2 Å². The summed E-state index contributed by atoms with van der Waals surface area (Å²) in [6.45, 7) is 11.0. The largest absolute Gasteiger partial charge is 0.444 e. The number of unbranched alkanes of at least 4 members (excludes halogenated alkanes) is 1. The summed E-state index contributed by atoms with van der Waals surface area (Å²) in [5, 5.41) is 3.75. The number of benzene rings is 1. The molecule has 6 nitrogen and oxygen atoms in total. The van der Waals surface area contributed by atoms with E-state index >= 15 is 0 Å². The van der Waals surface area contributed by atoms with Crippen molar-refractivity contribution in [3.8, 4) is 10.6 Å². The van der Waals surface area contributed by atoms with E-state index in [-0.39, 0.29) is 0 Å². The molecule has 1 amide bonds. The number of nitrogens with zero attached hydrogens (tertiary/aromatic N) is 2.